The maximum Gasteiger partial charge on any atom is 0.291 e. The maximum atomic E-state index is 12.5. The fraction of sp³-hybridized carbons (Fsp3) is 0.100. The molecule has 4 aromatic rings. The molecule has 0 atom stereocenters. The Kier molecular flexibility index (Phi) is 3.93. The predicted molar refractivity (Wildman–Crippen MR) is 99.0 cm³/mol. The Morgan fingerprint density at radius 3 is 2.58 bits per heavy atom. The number of anilines is 1. The van der Waals surface area contributed by atoms with Gasteiger partial charge in [0.05, 0.1) is 19.7 Å². The normalized spacial score (nSPS) is 10.8. The Balaban J connectivity index is 1.67. The third-order valence-corrected chi connectivity index (χ3v) is 4.06. The molecule has 6 heteroatoms. The van der Waals surface area contributed by atoms with Crippen LogP contribution in [0.1, 0.15) is 10.6 Å². The molecular weight excluding hydrogens is 332 g/mol. The Bertz CT molecular complexity index is 1120. The van der Waals surface area contributed by atoms with Gasteiger partial charge in [-0.3, -0.25) is 4.79 Å². The van der Waals surface area contributed by atoms with Gasteiger partial charge in [0, 0.05) is 22.5 Å². The number of nitrogens with one attached hydrogen (secondary N) is 1. The first-order valence-corrected chi connectivity index (χ1v) is 8.00. The van der Waals surface area contributed by atoms with Gasteiger partial charge in [-0.05, 0) is 42.5 Å². The summed E-state index contributed by atoms with van der Waals surface area (Å²) in [6.45, 7) is 0. The fourth-order valence-corrected chi connectivity index (χ4v) is 2.75. The van der Waals surface area contributed by atoms with Gasteiger partial charge >= 0.3 is 0 Å². The first kappa shape index (κ1) is 16.0. The number of hydrogen-bond donors (Lipinski definition) is 1. The number of fused-ring (bicyclic) bond motifs is 2. The molecule has 130 valence electrons. The summed E-state index contributed by atoms with van der Waals surface area (Å²) < 4.78 is 16.0. The number of amides is 1. The Morgan fingerprint density at radius 1 is 0.962 bits per heavy atom. The number of ether oxygens (including phenoxy) is 2. The molecule has 2 heterocycles. The molecule has 0 aliphatic heterocycles. The highest BCUT2D eigenvalue weighted by Gasteiger charge is 2.14. The molecule has 6 nitrogen and oxygen atoms in total. The van der Waals surface area contributed by atoms with Crippen LogP contribution >= 0.6 is 0 Å². The number of benzene rings is 2. The zero-order valence-corrected chi connectivity index (χ0v) is 14.3. The van der Waals surface area contributed by atoms with Crippen molar-refractivity contribution in [1.82, 2.24) is 4.98 Å². The molecule has 4 rings (SSSR count). The van der Waals surface area contributed by atoms with Crippen molar-refractivity contribution >= 4 is 33.6 Å². The quantitative estimate of drug-likeness (QED) is 0.597. The van der Waals surface area contributed by atoms with Gasteiger partial charge in [0.25, 0.3) is 5.91 Å². The summed E-state index contributed by atoms with van der Waals surface area (Å²) in [6, 6.07) is 16.3. The third-order valence-electron chi connectivity index (χ3n) is 4.06. The number of carbonyl (C=O) groups excluding carboxylic acids is 1. The molecule has 2 aromatic heterocycles. The molecule has 0 spiro atoms. The lowest BCUT2D eigenvalue weighted by Crippen LogP contribution is -2.10. The van der Waals surface area contributed by atoms with Gasteiger partial charge < -0.3 is 19.2 Å². The average molecular weight is 348 g/mol. The van der Waals surface area contributed by atoms with E-state index in [1.54, 1.807) is 44.6 Å². The Labute approximate surface area is 149 Å². The van der Waals surface area contributed by atoms with Gasteiger partial charge in [-0.1, -0.05) is 6.07 Å². The summed E-state index contributed by atoms with van der Waals surface area (Å²) in [5.41, 5.74) is 1.81. The van der Waals surface area contributed by atoms with E-state index in [1.807, 2.05) is 24.3 Å². The average Bonchev–Trinajstić information content (AvgIpc) is 3.08. The summed E-state index contributed by atoms with van der Waals surface area (Å²) in [5.74, 6) is 1.25. The van der Waals surface area contributed by atoms with Crippen LogP contribution in [0.25, 0.3) is 22.0 Å². The molecule has 0 radical (unpaired) electrons. The second-order valence-electron chi connectivity index (χ2n) is 5.74. The minimum atomic E-state index is -0.349. The summed E-state index contributed by atoms with van der Waals surface area (Å²) in [4.78, 5) is 17.0. The van der Waals surface area contributed by atoms with Crippen LogP contribution in [0.3, 0.4) is 0 Å². The zero-order chi connectivity index (χ0) is 18.1. The van der Waals surface area contributed by atoms with Gasteiger partial charge in [0.2, 0.25) is 5.71 Å². The molecule has 0 aliphatic carbocycles. The number of furan rings is 1. The lowest BCUT2D eigenvalue weighted by atomic mass is 10.2. The van der Waals surface area contributed by atoms with Crippen molar-refractivity contribution in [1.29, 1.82) is 0 Å². The van der Waals surface area contributed by atoms with E-state index >= 15 is 0 Å². The van der Waals surface area contributed by atoms with Crippen molar-refractivity contribution in [3.05, 3.63) is 60.4 Å². The monoisotopic (exact) mass is 348 g/mol. The SMILES string of the molecule is COc1cccc(NC(=O)c2cc3cc4cc(OC)ccc4nc3o2)c1. The van der Waals surface area contributed by atoms with Crippen LogP contribution in [0.15, 0.2) is 59.0 Å². The summed E-state index contributed by atoms with van der Waals surface area (Å²) in [6.07, 6.45) is 0. The lowest BCUT2D eigenvalue weighted by Gasteiger charge is -2.05. The number of nitrogens with zero attached hydrogens (tertiary/aromatic N) is 1. The number of rotatable bonds is 4. The second-order valence-corrected chi connectivity index (χ2v) is 5.74. The molecule has 1 amide bonds. The minimum Gasteiger partial charge on any atom is -0.497 e. The van der Waals surface area contributed by atoms with E-state index in [4.69, 9.17) is 13.9 Å². The molecule has 0 saturated carbocycles. The predicted octanol–water partition coefficient (Wildman–Crippen LogP) is 4.25. The van der Waals surface area contributed by atoms with Gasteiger partial charge in [0.15, 0.2) is 5.76 Å². The zero-order valence-electron chi connectivity index (χ0n) is 14.3. The molecule has 1 N–H and O–H groups in total. The highest BCUT2D eigenvalue weighted by atomic mass is 16.5. The van der Waals surface area contributed by atoms with Gasteiger partial charge in [-0.15, -0.1) is 0 Å². The maximum absolute atomic E-state index is 12.5. The molecule has 2 aromatic carbocycles. The highest BCUT2D eigenvalue weighted by Crippen LogP contribution is 2.26. The van der Waals surface area contributed by atoms with E-state index in [0.29, 0.717) is 17.2 Å². The van der Waals surface area contributed by atoms with Crippen LogP contribution in [0.2, 0.25) is 0 Å². The smallest absolute Gasteiger partial charge is 0.291 e. The van der Waals surface area contributed by atoms with Crippen LogP contribution in [0.4, 0.5) is 5.69 Å². The van der Waals surface area contributed by atoms with E-state index < -0.39 is 0 Å². The van der Waals surface area contributed by atoms with Crippen LogP contribution in [0, 0.1) is 0 Å². The van der Waals surface area contributed by atoms with Crippen molar-refractivity contribution < 1.29 is 18.7 Å². The molecule has 0 saturated heterocycles. The standard InChI is InChI=1S/C20H16N2O4/c1-24-15-5-3-4-14(11-15)21-19(23)18-10-13-8-12-9-16(25-2)6-7-17(12)22-20(13)26-18/h3-11H,1-2H3,(H,21,23). The molecular formula is C20H16N2O4. The van der Waals surface area contributed by atoms with Crippen molar-refractivity contribution in [2.24, 2.45) is 0 Å². The molecule has 0 unspecified atom stereocenters. The Morgan fingerprint density at radius 2 is 1.77 bits per heavy atom. The first-order chi connectivity index (χ1) is 12.7. The number of pyridine rings is 1. The fourth-order valence-electron chi connectivity index (χ4n) is 2.75. The molecule has 26 heavy (non-hydrogen) atoms. The van der Waals surface area contributed by atoms with E-state index in [2.05, 4.69) is 10.3 Å². The van der Waals surface area contributed by atoms with E-state index in [0.717, 1.165) is 22.0 Å². The largest absolute Gasteiger partial charge is 0.497 e. The van der Waals surface area contributed by atoms with Crippen LogP contribution in [-0.4, -0.2) is 25.1 Å². The number of hydrogen-bond acceptors (Lipinski definition) is 5. The van der Waals surface area contributed by atoms with Crippen LogP contribution in [-0.2, 0) is 0 Å². The molecule has 0 bridgehead atoms. The number of aromatic nitrogens is 1. The summed E-state index contributed by atoms with van der Waals surface area (Å²) in [5, 5.41) is 4.46. The van der Waals surface area contributed by atoms with Crippen molar-refractivity contribution in [3.8, 4) is 11.5 Å². The Hall–Kier alpha value is -3.54. The number of methoxy groups -OCH3 is 2. The van der Waals surface area contributed by atoms with Crippen molar-refractivity contribution in [2.75, 3.05) is 19.5 Å². The molecule has 0 aliphatic rings. The second kappa shape index (κ2) is 6.40. The highest BCUT2D eigenvalue weighted by molar-refractivity contribution is 6.05. The van der Waals surface area contributed by atoms with Crippen LogP contribution in [0.5, 0.6) is 11.5 Å². The van der Waals surface area contributed by atoms with Gasteiger partial charge in [0.1, 0.15) is 11.5 Å². The van der Waals surface area contributed by atoms with Crippen molar-refractivity contribution in [3.63, 3.8) is 0 Å². The van der Waals surface area contributed by atoms with Crippen molar-refractivity contribution in [2.45, 2.75) is 0 Å². The van der Waals surface area contributed by atoms with E-state index in [1.165, 1.54) is 0 Å². The van der Waals surface area contributed by atoms with Gasteiger partial charge in [-0.2, -0.15) is 0 Å². The van der Waals surface area contributed by atoms with Gasteiger partial charge in [-0.25, -0.2) is 4.98 Å². The minimum absolute atomic E-state index is 0.192. The summed E-state index contributed by atoms with van der Waals surface area (Å²) >= 11 is 0. The third kappa shape index (κ3) is 2.93. The van der Waals surface area contributed by atoms with Crippen LogP contribution < -0.4 is 14.8 Å². The lowest BCUT2D eigenvalue weighted by molar-refractivity contribution is 0.0998. The number of carbonyl (C=O) groups is 1. The summed E-state index contributed by atoms with van der Waals surface area (Å²) in [7, 11) is 3.19. The van der Waals surface area contributed by atoms with E-state index in [9.17, 15) is 4.79 Å². The topological polar surface area (TPSA) is 73.6 Å². The van der Waals surface area contributed by atoms with E-state index in [-0.39, 0.29) is 11.7 Å². The first-order valence-electron chi connectivity index (χ1n) is 8.00. The molecule has 0 fully saturated rings.